The lowest BCUT2D eigenvalue weighted by Crippen LogP contribution is -2.39. The molecule has 1 amide bonds. The Morgan fingerprint density at radius 2 is 1.89 bits per heavy atom. The van der Waals surface area contributed by atoms with E-state index in [4.69, 9.17) is 4.74 Å². The largest absolute Gasteiger partial charge is 0.377 e. The molecule has 0 N–H and O–H groups in total. The van der Waals surface area contributed by atoms with Crippen LogP contribution in [-0.4, -0.2) is 62.9 Å². The molecule has 0 aromatic heterocycles. The van der Waals surface area contributed by atoms with Crippen LogP contribution < -0.4 is 0 Å². The summed E-state index contributed by atoms with van der Waals surface area (Å²) < 4.78 is 31.9. The van der Waals surface area contributed by atoms with Gasteiger partial charge in [0.1, 0.15) is 0 Å². The van der Waals surface area contributed by atoms with Crippen LogP contribution in [-0.2, 0) is 14.8 Å². The third-order valence-corrected chi connectivity index (χ3v) is 7.04. The minimum atomic E-state index is -3.54. The van der Waals surface area contributed by atoms with Crippen LogP contribution in [0, 0.1) is 5.92 Å². The van der Waals surface area contributed by atoms with Gasteiger partial charge in [-0.1, -0.05) is 6.08 Å². The third-order valence-electron chi connectivity index (χ3n) is 5.00. The van der Waals surface area contributed by atoms with E-state index in [1.165, 1.54) is 16.4 Å². The molecule has 1 aromatic rings. The van der Waals surface area contributed by atoms with Gasteiger partial charge in [-0.3, -0.25) is 4.79 Å². The molecule has 0 unspecified atom stereocenters. The predicted molar refractivity (Wildman–Crippen MR) is 106 cm³/mol. The highest BCUT2D eigenvalue weighted by Gasteiger charge is 2.26. The average molecular weight is 395 g/mol. The zero-order valence-corrected chi connectivity index (χ0v) is 17.2. The van der Waals surface area contributed by atoms with Crippen molar-refractivity contribution in [3.05, 3.63) is 42.5 Å². The predicted octanol–water partition coefficient (Wildman–Crippen LogP) is 2.77. The minimum absolute atomic E-state index is 0.0541. The Morgan fingerprint density at radius 1 is 1.30 bits per heavy atom. The lowest BCUT2D eigenvalue weighted by Gasteiger charge is -2.32. The second-order valence-corrected chi connectivity index (χ2v) is 9.20. The molecule has 150 valence electrons. The van der Waals surface area contributed by atoms with E-state index < -0.39 is 10.0 Å². The molecule has 0 spiro atoms. The number of sulfonamides is 1. The number of nitrogens with zero attached hydrogens (tertiary/aromatic N) is 2. The SMILES string of the molecule is C=CCOCC1CCN(C(=O)c2ccc(S(=O)(=O)N(C)C(C)C)cc2)CC1. The second-order valence-electron chi connectivity index (χ2n) is 7.20. The Morgan fingerprint density at radius 3 is 2.41 bits per heavy atom. The summed E-state index contributed by atoms with van der Waals surface area (Å²) in [5, 5.41) is 0. The number of rotatable bonds is 8. The fourth-order valence-electron chi connectivity index (χ4n) is 3.02. The van der Waals surface area contributed by atoms with E-state index in [9.17, 15) is 13.2 Å². The first-order valence-electron chi connectivity index (χ1n) is 9.33. The van der Waals surface area contributed by atoms with Gasteiger partial charge in [0.2, 0.25) is 10.0 Å². The van der Waals surface area contributed by atoms with Crippen LogP contribution in [0.3, 0.4) is 0 Å². The average Bonchev–Trinajstić information content (AvgIpc) is 2.67. The molecule has 1 aliphatic heterocycles. The van der Waals surface area contributed by atoms with Crippen molar-refractivity contribution in [2.75, 3.05) is 33.4 Å². The summed E-state index contributed by atoms with van der Waals surface area (Å²) in [5.74, 6) is 0.412. The Bertz CT molecular complexity index is 736. The van der Waals surface area contributed by atoms with Gasteiger partial charge in [-0.25, -0.2) is 8.42 Å². The zero-order chi connectivity index (χ0) is 20.0. The van der Waals surface area contributed by atoms with Crippen molar-refractivity contribution < 1.29 is 17.9 Å². The Balaban J connectivity index is 1.97. The summed E-state index contributed by atoms with van der Waals surface area (Å²) in [5.41, 5.74) is 0.516. The first kappa shape index (κ1) is 21.6. The van der Waals surface area contributed by atoms with Crippen LogP contribution in [0.25, 0.3) is 0 Å². The highest BCUT2D eigenvalue weighted by molar-refractivity contribution is 7.89. The van der Waals surface area contributed by atoms with Crippen LogP contribution in [0.2, 0.25) is 0 Å². The van der Waals surface area contributed by atoms with E-state index in [1.807, 2.05) is 18.7 Å². The molecular formula is C20H30N2O4S. The fraction of sp³-hybridized carbons (Fsp3) is 0.550. The topological polar surface area (TPSA) is 66.9 Å². The summed E-state index contributed by atoms with van der Waals surface area (Å²) in [6.07, 6.45) is 3.56. The van der Waals surface area contributed by atoms with Gasteiger partial charge >= 0.3 is 0 Å². The molecule has 2 rings (SSSR count). The third kappa shape index (κ3) is 5.40. The summed E-state index contributed by atoms with van der Waals surface area (Å²) in [6, 6.07) is 6.09. The van der Waals surface area contributed by atoms with E-state index >= 15 is 0 Å². The van der Waals surface area contributed by atoms with Crippen LogP contribution in [0.5, 0.6) is 0 Å². The smallest absolute Gasteiger partial charge is 0.253 e. The first-order valence-corrected chi connectivity index (χ1v) is 10.8. The molecule has 0 aliphatic carbocycles. The number of ether oxygens (including phenoxy) is 1. The molecule has 0 bridgehead atoms. The van der Waals surface area contributed by atoms with Gasteiger partial charge in [0, 0.05) is 38.3 Å². The number of carbonyl (C=O) groups excluding carboxylic acids is 1. The van der Waals surface area contributed by atoms with Gasteiger partial charge in [-0.15, -0.1) is 6.58 Å². The molecule has 1 aromatic carbocycles. The fourth-order valence-corrected chi connectivity index (χ4v) is 4.38. The minimum Gasteiger partial charge on any atom is -0.377 e. The maximum atomic E-state index is 12.7. The lowest BCUT2D eigenvalue weighted by atomic mass is 9.97. The summed E-state index contributed by atoms with van der Waals surface area (Å²) in [7, 11) is -1.98. The normalized spacial score (nSPS) is 16.1. The van der Waals surface area contributed by atoms with Gasteiger partial charge in [-0.05, 0) is 56.9 Å². The molecule has 0 radical (unpaired) electrons. The zero-order valence-electron chi connectivity index (χ0n) is 16.4. The van der Waals surface area contributed by atoms with Crippen LogP contribution in [0.15, 0.2) is 41.8 Å². The maximum absolute atomic E-state index is 12.7. The van der Waals surface area contributed by atoms with Gasteiger partial charge in [0.25, 0.3) is 5.91 Å². The number of piperidine rings is 1. The lowest BCUT2D eigenvalue weighted by molar-refractivity contribution is 0.0575. The van der Waals surface area contributed by atoms with Crippen molar-refractivity contribution in [1.82, 2.24) is 9.21 Å². The molecule has 1 saturated heterocycles. The number of carbonyl (C=O) groups is 1. The van der Waals surface area contributed by atoms with Crippen molar-refractivity contribution in [2.24, 2.45) is 5.92 Å². The van der Waals surface area contributed by atoms with Gasteiger partial charge in [-0.2, -0.15) is 4.31 Å². The summed E-state index contributed by atoms with van der Waals surface area (Å²) in [6.45, 7) is 9.91. The van der Waals surface area contributed by atoms with Gasteiger partial charge in [0.15, 0.2) is 0 Å². The monoisotopic (exact) mass is 394 g/mol. The van der Waals surface area contributed by atoms with Crippen molar-refractivity contribution in [3.8, 4) is 0 Å². The van der Waals surface area contributed by atoms with E-state index in [-0.39, 0.29) is 16.8 Å². The highest BCUT2D eigenvalue weighted by Crippen LogP contribution is 2.21. The van der Waals surface area contributed by atoms with E-state index in [0.29, 0.717) is 37.8 Å². The van der Waals surface area contributed by atoms with Gasteiger partial charge in [0.05, 0.1) is 11.5 Å². The number of hydrogen-bond acceptors (Lipinski definition) is 4. The Labute approximate surface area is 162 Å². The molecular weight excluding hydrogens is 364 g/mol. The second kappa shape index (κ2) is 9.48. The Hall–Kier alpha value is -1.70. The van der Waals surface area contributed by atoms with Crippen molar-refractivity contribution in [1.29, 1.82) is 0 Å². The van der Waals surface area contributed by atoms with Gasteiger partial charge < -0.3 is 9.64 Å². The molecule has 7 heteroatoms. The quantitative estimate of drug-likeness (QED) is 0.502. The standard InChI is InChI=1S/C20H30N2O4S/c1-5-14-26-15-17-10-12-22(13-11-17)20(23)18-6-8-19(9-7-18)27(24,25)21(4)16(2)3/h5-9,16-17H,1,10-15H2,2-4H3. The van der Waals surface area contributed by atoms with Crippen molar-refractivity contribution >= 4 is 15.9 Å². The van der Waals surface area contributed by atoms with Crippen molar-refractivity contribution in [3.63, 3.8) is 0 Å². The van der Waals surface area contributed by atoms with Crippen molar-refractivity contribution in [2.45, 2.75) is 37.6 Å². The molecule has 1 heterocycles. The molecule has 27 heavy (non-hydrogen) atoms. The highest BCUT2D eigenvalue weighted by atomic mass is 32.2. The summed E-state index contributed by atoms with van der Waals surface area (Å²) in [4.78, 5) is 14.7. The van der Waals surface area contributed by atoms with Crippen LogP contribution >= 0.6 is 0 Å². The first-order chi connectivity index (χ1) is 12.8. The van der Waals surface area contributed by atoms with E-state index in [0.717, 1.165) is 12.8 Å². The number of likely N-dealkylation sites (tertiary alicyclic amines) is 1. The number of hydrogen-bond donors (Lipinski definition) is 0. The Kier molecular flexibility index (Phi) is 7.59. The number of benzene rings is 1. The van der Waals surface area contributed by atoms with E-state index in [1.54, 1.807) is 25.3 Å². The van der Waals surface area contributed by atoms with E-state index in [2.05, 4.69) is 6.58 Å². The number of amides is 1. The molecule has 0 saturated carbocycles. The maximum Gasteiger partial charge on any atom is 0.253 e. The molecule has 0 atom stereocenters. The summed E-state index contributed by atoms with van der Waals surface area (Å²) >= 11 is 0. The van der Waals surface area contributed by atoms with Crippen LogP contribution in [0.1, 0.15) is 37.0 Å². The molecule has 6 nitrogen and oxygen atoms in total. The molecule has 1 aliphatic rings. The van der Waals surface area contributed by atoms with Crippen LogP contribution in [0.4, 0.5) is 0 Å². The molecule has 1 fully saturated rings.